The Kier molecular flexibility index (Phi) is 4.96. The van der Waals surface area contributed by atoms with Gasteiger partial charge in [0.2, 0.25) is 0 Å². The first kappa shape index (κ1) is 16.5. The van der Waals surface area contributed by atoms with E-state index in [9.17, 15) is 14.9 Å². The van der Waals surface area contributed by atoms with Crippen LogP contribution in [-0.4, -0.2) is 17.0 Å². The van der Waals surface area contributed by atoms with Crippen molar-refractivity contribution in [3.8, 4) is 11.1 Å². The average molecular weight is 351 g/mol. The van der Waals surface area contributed by atoms with E-state index in [4.69, 9.17) is 0 Å². The van der Waals surface area contributed by atoms with Crippen LogP contribution in [0.25, 0.3) is 11.1 Å². The summed E-state index contributed by atoms with van der Waals surface area (Å²) in [7, 11) is 0. The van der Waals surface area contributed by atoms with Crippen LogP contribution < -0.4 is 5.43 Å². The second-order valence-electron chi connectivity index (χ2n) is 5.08. The lowest BCUT2D eigenvalue weighted by atomic mass is 10.0. The molecule has 0 aliphatic heterocycles. The molecule has 0 saturated heterocycles. The van der Waals surface area contributed by atoms with Gasteiger partial charge in [0, 0.05) is 11.6 Å². The van der Waals surface area contributed by atoms with Gasteiger partial charge in [-0.05, 0) is 29.3 Å². The molecule has 25 heavy (non-hydrogen) atoms. The van der Waals surface area contributed by atoms with Crippen molar-refractivity contribution in [2.24, 2.45) is 5.10 Å². The highest BCUT2D eigenvalue weighted by Gasteiger charge is 2.08. The number of thiophene rings is 1. The van der Waals surface area contributed by atoms with Gasteiger partial charge in [0.1, 0.15) is 0 Å². The van der Waals surface area contributed by atoms with Crippen LogP contribution in [-0.2, 0) is 0 Å². The zero-order valence-corrected chi connectivity index (χ0v) is 13.8. The molecule has 3 rings (SSSR count). The van der Waals surface area contributed by atoms with Crippen LogP contribution in [0.2, 0.25) is 0 Å². The third-order valence-electron chi connectivity index (χ3n) is 3.40. The molecule has 0 atom stereocenters. The molecule has 1 aromatic heterocycles. The zero-order valence-electron chi connectivity index (χ0n) is 13.0. The van der Waals surface area contributed by atoms with Crippen LogP contribution in [0.1, 0.15) is 15.2 Å². The Balaban J connectivity index is 1.63. The Labute approximate surface area is 147 Å². The fourth-order valence-electron chi connectivity index (χ4n) is 2.17. The second-order valence-corrected chi connectivity index (χ2v) is 6.17. The van der Waals surface area contributed by atoms with E-state index in [1.807, 2.05) is 42.5 Å². The van der Waals surface area contributed by atoms with E-state index in [2.05, 4.69) is 10.5 Å². The van der Waals surface area contributed by atoms with E-state index in [1.165, 1.54) is 12.3 Å². The molecule has 0 unspecified atom stereocenters. The topological polar surface area (TPSA) is 84.6 Å². The number of carbonyl (C=O) groups excluding carboxylic acids is 1. The Bertz CT molecular complexity index is 918. The fraction of sp³-hybridized carbons (Fsp3) is 0. The summed E-state index contributed by atoms with van der Waals surface area (Å²) in [6, 6.07) is 20.0. The third kappa shape index (κ3) is 4.15. The smallest absolute Gasteiger partial charge is 0.267 e. The Morgan fingerprint density at radius 3 is 2.32 bits per heavy atom. The first-order chi connectivity index (χ1) is 12.1. The maximum atomic E-state index is 12.1. The lowest BCUT2D eigenvalue weighted by Crippen LogP contribution is -2.17. The average Bonchev–Trinajstić information content (AvgIpc) is 3.12. The second kappa shape index (κ2) is 7.50. The van der Waals surface area contributed by atoms with Crippen molar-refractivity contribution in [3.05, 3.63) is 87.3 Å². The molecule has 0 fully saturated rings. The lowest BCUT2D eigenvalue weighted by molar-refractivity contribution is -0.380. The van der Waals surface area contributed by atoms with E-state index in [-0.39, 0.29) is 10.9 Å². The molecule has 0 saturated carbocycles. The first-order valence-corrected chi connectivity index (χ1v) is 8.18. The van der Waals surface area contributed by atoms with Gasteiger partial charge in [-0.25, -0.2) is 5.43 Å². The molecule has 1 N–H and O–H groups in total. The summed E-state index contributed by atoms with van der Waals surface area (Å²) >= 11 is 0.988. The molecule has 1 heterocycles. The summed E-state index contributed by atoms with van der Waals surface area (Å²) in [5.41, 5.74) is 4.99. The molecule has 3 aromatic rings. The van der Waals surface area contributed by atoms with Gasteiger partial charge < -0.3 is 0 Å². The van der Waals surface area contributed by atoms with Crippen LogP contribution in [0.5, 0.6) is 0 Å². The predicted molar refractivity (Wildman–Crippen MR) is 97.9 cm³/mol. The van der Waals surface area contributed by atoms with Gasteiger partial charge in [0.05, 0.1) is 16.0 Å². The Hall–Kier alpha value is -3.32. The quantitative estimate of drug-likeness (QED) is 0.427. The summed E-state index contributed by atoms with van der Waals surface area (Å²) in [6.07, 6.45) is 1.38. The number of nitrogens with one attached hydrogen (secondary N) is 1. The molecule has 0 bridgehead atoms. The minimum Gasteiger partial charge on any atom is -0.267 e. The van der Waals surface area contributed by atoms with Crippen molar-refractivity contribution in [1.82, 2.24) is 5.43 Å². The van der Waals surface area contributed by atoms with Crippen LogP contribution in [0.3, 0.4) is 0 Å². The third-order valence-corrected chi connectivity index (χ3v) is 4.38. The normalized spacial score (nSPS) is 10.7. The molecule has 2 aromatic carbocycles. The maximum absolute atomic E-state index is 12.1. The highest BCUT2D eigenvalue weighted by Crippen LogP contribution is 2.22. The SMILES string of the molecule is O=C(NN=Cc1ccc([N+](=O)[O-])s1)c1ccc(-c2ccccc2)cc1. The monoisotopic (exact) mass is 351 g/mol. The molecule has 7 heteroatoms. The molecule has 124 valence electrons. The number of carbonyl (C=O) groups is 1. The standard InChI is InChI=1S/C18H13N3O3S/c22-18(20-19-12-16-10-11-17(25-16)21(23)24)15-8-6-14(7-9-15)13-4-2-1-3-5-13/h1-12H,(H,20,22). The van der Waals surface area contributed by atoms with Gasteiger partial charge in [-0.15, -0.1) is 0 Å². The molecule has 0 aliphatic rings. The van der Waals surface area contributed by atoms with Crippen molar-refractivity contribution in [1.29, 1.82) is 0 Å². The van der Waals surface area contributed by atoms with Crippen molar-refractivity contribution in [2.45, 2.75) is 0 Å². The lowest BCUT2D eigenvalue weighted by Gasteiger charge is -2.03. The van der Waals surface area contributed by atoms with E-state index in [1.54, 1.807) is 18.2 Å². The van der Waals surface area contributed by atoms with Gasteiger partial charge in [-0.2, -0.15) is 5.10 Å². The molecular formula is C18H13N3O3S. The maximum Gasteiger partial charge on any atom is 0.324 e. The molecule has 0 spiro atoms. The van der Waals surface area contributed by atoms with E-state index < -0.39 is 4.92 Å². The summed E-state index contributed by atoms with van der Waals surface area (Å²) < 4.78 is 0. The van der Waals surface area contributed by atoms with Gasteiger partial charge in [-0.3, -0.25) is 14.9 Å². The van der Waals surface area contributed by atoms with Crippen molar-refractivity contribution in [2.75, 3.05) is 0 Å². The van der Waals surface area contributed by atoms with E-state index in [0.717, 1.165) is 22.5 Å². The van der Waals surface area contributed by atoms with Gasteiger partial charge in [0.15, 0.2) is 0 Å². The van der Waals surface area contributed by atoms with Crippen molar-refractivity contribution >= 4 is 28.5 Å². The molecule has 1 amide bonds. The van der Waals surface area contributed by atoms with Crippen LogP contribution in [0, 0.1) is 10.1 Å². The van der Waals surface area contributed by atoms with Crippen molar-refractivity contribution < 1.29 is 9.72 Å². The summed E-state index contributed by atoms with van der Waals surface area (Å²) in [4.78, 5) is 22.8. The van der Waals surface area contributed by atoms with E-state index >= 15 is 0 Å². The van der Waals surface area contributed by atoms with Crippen LogP contribution >= 0.6 is 11.3 Å². The molecule has 0 radical (unpaired) electrons. The largest absolute Gasteiger partial charge is 0.324 e. The molecular weight excluding hydrogens is 338 g/mol. The molecule has 0 aliphatic carbocycles. The number of hydrogen-bond donors (Lipinski definition) is 1. The first-order valence-electron chi connectivity index (χ1n) is 7.36. The number of benzene rings is 2. The zero-order chi connectivity index (χ0) is 17.6. The predicted octanol–water partition coefficient (Wildman–Crippen LogP) is 4.09. The summed E-state index contributed by atoms with van der Waals surface area (Å²) in [5, 5.41) is 14.5. The highest BCUT2D eigenvalue weighted by molar-refractivity contribution is 7.16. The minimum absolute atomic E-state index is 0.0317. The Morgan fingerprint density at radius 1 is 1.00 bits per heavy atom. The van der Waals surface area contributed by atoms with Crippen LogP contribution in [0.4, 0.5) is 5.00 Å². The number of amides is 1. The number of hydrogen-bond acceptors (Lipinski definition) is 5. The van der Waals surface area contributed by atoms with Crippen LogP contribution in [0.15, 0.2) is 71.8 Å². The fourth-order valence-corrected chi connectivity index (χ4v) is 2.87. The van der Waals surface area contributed by atoms with E-state index in [0.29, 0.717) is 10.4 Å². The number of hydrazone groups is 1. The summed E-state index contributed by atoms with van der Waals surface area (Å²) in [5.74, 6) is -0.345. The van der Waals surface area contributed by atoms with Gasteiger partial charge in [-0.1, -0.05) is 53.8 Å². The Morgan fingerprint density at radius 2 is 1.68 bits per heavy atom. The summed E-state index contributed by atoms with van der Waals surface area (Å²) in [6.45, 7) is 0. The highest BCUT2D eigenvalue weighted by atomic mass is 32.1. The number of nitro groups is 1. The number of nitrogens with zero attached hydrogens (tertiary/aromatic N) is 2. The van der Waals surface area contributed by atoms with Gasteiger partial charge in [0.25, 0.3) is 5.91 Å². The van der Waals surface area contributed by atoms with Crippen molar-refractivity contribution in [3.63, 3.8) is 0 Å². The van der Waals surface area contributed by atoms with Gasteiger partial charge >= 0.3 is 5.00 Å². The molecule has 6 nitrogen and oxygen atoms in total. The minimum atomic E-state index is -0.463. The number of rotatable bonds is 5.